The molecule has 0 spiro atoms. The molecule has 0 bridgehead atoms. The molecule has 2 aromatic rings. The van der Waals surface area contributed by atoms with Gasteiger partial charge in [0.2, 0.25) is 0 Å². The van der Waals surface area contributed by atoms with Gasteiger partial charge in [-0.2, -0.15) is 0 Å². The molecule has 0 aromatic heterocycles. The molecular weight excluding hydrogens is 425 g/mol. The number of carbonyl (C=O) groups excluding carboxylic acids is 1. The summed E-state index contributed by atoms with van der Waals surface area (Å²) in [5.74, 6) is 4.56. The van der Waals surface area contributed by atoms with Gasteiger partial charge in [0.05, 0.1) is 27.7 Å². The summed E-state index contributed by atoms with van der Waals surface area (Å²) in [6, 6.07) is 8.16. The van der Waals surface area contributed by atoms with Crippen LogP contribution >= 0.6 is 34.8 Å². The fourth-order valence-electron chi connectivity index (χ4n) is 2.10. The second-order valence-corrected chi connectivity index (χ2v) is 8.08. The van der Waals surface area contributed by atoms with E-state index < -0.39 is 22.5 Å². The number of benzene rings is 2. The topological polar surface area (TPSA) is 102 Å². The van der Waals surface area contributed by atoms with Crippen molar-refractivity contribution in [3.05, 3.63) is 51.5 Å². The Kier molecular flexibility index (Phi) is 6.59. The third-order valence-electron chi connectivity index (χ3n) is 3.34. The largest absolute Gasteiger partial charge is 0.495 e. The lowest BCUT2D eigenvalue weighted by molar-refractivity contribution is -0.119. The summed E-state index contributed by atoms with van der Waals surface area (Å²) < 4.78 is 32.3. The van der Waals surface area contributed by atoms with Gasteiger partial charge in [-0.3, -0.25) is 14.5 Å². The van der Waals surface area contributed by atoms with Crippen molar-refractivity contribution in [3.63, 3.8) is 0 Å². The van der Waals surface area contributed by atoms with Gasteiger partial charge in [-0.25, -0.2) is 14.3 Å². The summed E-state index contributed by atoms with van der Waals surface area (Å²) in [6.07, 6.45) is 0. The maximum Gasteiger partial charge on any atom is 0.264 e. The summed E-state index contributed by atoms with van der Waals surface area (Å²) in [6.45, 7) is -0.601. The highest BCUT2D eigenvalue weighted by atomic mass is 35.5. The average molecular weight is 439 g/mol. The quantitative estimate of drug-likeness (QED) is 0.410. The van der Waals surface area contributed by atoms with E-state index in [9.17, 15) is 13.2 Å². The highest BCUT2D eigenvalue weighted by Gasteiger charge is 2.30. The fraction of sp³-hybridized carbons (Fsp3) is 0.133. The van der Waals surface area contributed by atoms with Crippen LogP contribution in [0.5, 0.6) is 5.75 Å². The standard InChI is InChI=1S/C15H14Cl3N3O4S/c1-25-14-5-2-9(16)6-13(14)21(8-15(22)20-19)26(23,24)10-3-4-11(17)12(18)7-10/h2-7H,8,19H2,1H3,(H,20,22). The van der Waals surface area contributed by atoms with Crippen molar-refractivity contribution in [2.45, 2.75) is 4.90 Å². The van der Waals surface area contributed by atoms with Crippen LogP contribution in [0.15, 0.2) is 41.3 Å². The number of ether oxygens (including phenoxy) is 1. The monoisotopic (exact) mass is 437 g/mol. The zero-order valence-corrected chi connectivity index (χ0v) is 16.5. The van der Waals surface area contributed by atoms with Crippen LogP contribution < -0.4 is 20.3 Å². The van der Waals surface area contributed by atoms with E-state index >= 15 is 0 Å². The molecule has 0 aliphatic rings. The van der Waals surface area contributed by atoms with Crippen molar-refractivity contribution in [3.8, 4) is 5.75 Å². The molecule has 140 valence electrons. The average Bonchev–Trinajstić information content (AvgIpc) is 2.61. The van der Waals surface area contributed by atoms with E-state index in [0.717, 1.165) is 4.31 Å². The van der Waals surface area contributed by atoms with E-state index in [2.05, 4.69) is 0 Å². The SMILES string of the molecule is COc1ccc(Cl)cc1N(CC(=O)NN)S(=O)(=O)c1ccc(Cl)c(Cl)c1. The Bertz CT molecular complexity index is 938. The Balaban J connectivity index is 2.66. The first kappa shape index (κ1) is 20.6. The number of hydrazine groups is 1. The van der Waals surface area contributed by atoms with Gasteiger partial charge in [-0.1, -0.05) is 34.8 Å². The van der Waals surface area contributed by atoms with Gasteiger partial charge >= 0.3 is 0 Å². The van der Waals surface area contributed by atoms with Gasteiger partial charge in [0.15, 0.2) is 0 Å². The molecule has 0 fully saturated rings. The summed E-state index contributed by atoms with van der Waals surface area (Å²) in [5, 5.41) is 0.495. The number of hydrogen-bond donors (Lipinski definition) is 2. The predicted octanol–water partition coefficient (Wildman–Crippen LogP) is 2.84. The lowest BCUT2D eigenvalue weighted by Gasteiger charge is -2.25. The number of rotatable bonds is 6. The van der Waals surface area contributed by atoms with Crippen LogP contribution in [0.2, 0.25) is 15.1 Å². The number of nitrogens with one attached hydrogen (secondary N) is 1. The first-order valence-corrected chi connectivity index (χ1v) is 9.59. The summed E-state index contributed by atoms with van der Waals surface area (Å²) in [4.78, 5) is 11.6. The van der Waals surface area contributed by atoms with Gasteiger partial charge in [0, 0.05) is 5.02 Å². The van der Waals surface area contributed by atoms with Crippen molar-refractivity contribution in [1.82, 2.24) is 5.43 Å². The first-order chi connectivity index (χ1) is 12.2. The Morgan fingerprint density at radius 1 is 1.15 bits per heavy atom. The van der Waals surface area contributed by atoms with Crippen LogP contribution in [0.25, 0.3) is 0 Å². The molecule has 26 heavy (non-hydrogen) atoms. The molecule has 0 unspecified atom stereocenters. The molecule has 3 N–H and O–H groups in total. The van der Waals surface area contributed by atoms with Crippen molar-refractivity contribution < 1.29 is 17.9 Å². The molecule has 0 aliphatic heterocycles. The van der Waals surface area contributed by atoms with Crippen LogP contribution in [0.1, 0.15) is 0 Å². The van der Waals surface area contributed by atoms with Crippen molar-refractivity contribution in [2.75, 3.05) is 18.0 Å². The molecule has 11 heteroatoms. The summed E-state index contributed by atoms with van der Waals surface area (Å²) in [5.41, 5.74) is 1.96. The summed E-state index contributed by atoms with van der Waals surface area (Å²) in [7, 11) is -2.85. The summed E-state index contributed by atoms with van der Waals surface area (Å²) >= 11 is 17.8. The van der Waals surface area contributed by atoms with Crippen LogP contribution in [0.3, 0.4) is 0 Å². The van der Waals surface area contributed by atoms with Crippen LogP contribution in [0, 0.1) is 0 Å². The van der Waals surface area contributed by atoms with Gasteiger partial charge in [-0.15, -0.1) is 0 Å². The number of nitrogens with zero attached hydrogens (tertiary/aromatic N) is 1. The normalized spacial score (nSPS) is 11.1. The Labute approximate surface area is 165 Å². The fourth-order valence-corrected chi connectivity index (χ4v) is 4.08. The number of halogens is 3. The number of hydrogen-bond acceptors (Lipinski definition) is 5. The number of nitrogens with two attached hydrogens (primary N) is 1. The number of amides is 1. The van der Waals surface area contributed by atoms with E-state index in [-0.39, 0.29) is 31.4 Å². The molecule has 0 atom stereocenters. The van der Waals surface area contributed by atoms with Crippen molar-refractivity contribution >= 4 is 56.4 Å². The predicted molar refractivity (Wildman–Crippen MR) is 101 cm³/mol. The van der Waals surface area contributed by atoms with E-state index in [4.69, 9.17) is 45.4 Å². The van der Waals surface area contributed by atoms with Gasteiger partial charge in [0.1, 0.15) is 12.3 Å². The molecule has 1 amide bonds. The van der Waals surface area contributed by atoms with Crippen LogP contribution in [-0.4, -0.2) is 28.0 Å². The number of anilines is 1. The van der Waals surface area contributed by atoms with Crippen molar-refractivity contribution in [2.24, 2.45) is 5.84 Å². The van der Waals surface area contributed by atoms with E-state index in [1.54, 1.807) is 0 Å². The van der Waals surface area contributed by atoms with Gasteiger partial charge < -0.3 is 4.74 Å². The molecular formula is C15H14Cl3N3O4S. The minimum absolute atomic E-state index is 0.0500. The lowest BCUT2D eigenvalue weighted by Crippen LogP contribution is -2.43. The molecule has 0 saturated carbocycles. The van der Waals surface area contributed by atoms with E-state index in [0.29, 0.717) is 0 Å². The minimum atomic E-state index is -4.21. The molecule has 2 aromatic carbocycles. The molecule has 0 aliphatic carbocycles. The van der Waals surface area contributed by atoms with Crippen LogP contribution in [0.4, 0.5) is 5.69 Å². The highest BCUT2D eigenvalue weighted by molar-refractivity contribution is 7.92. The molecule has 0 saturated heterocycles. The second kappa shape index (κ2) is 8.32. The molecule has 0 radical (unpaired) electrons. The van der Waals surface area contributed by atoms with Crippen LogP contribution in [-0.2, 0) is 14.8 Å². The Morgan fingerprint density at radius 3 is 2.42 bits per heavy atom. The smallest absolute Gasteiger partial charge is 0.264 e. The third kappa shape index (κ3) is 4.33. The number of sulfonamides is 1. The third-order valence-corrected chi connectivity index (χ3v) is 6.07. The number of carbonyl (C=O) groups is 1. The minimum Gasteiger partial charge on any atom is -0.495 e. The molecule has 0 heterocycles. The van der Waals surface area contributed by atoms with Gasteiger partial charge in [-0.05, 0) is 36.4 Å². The molecule has 2 rings (SSSR count). The maximum absolute atomic E-state index is 13.1. The molecule has 7 nitrogen and oxygen atoms in total. The zero-order chi connectivity index (χ0) is 19.5. The Hall–Kier alpha value is -1.71. The number of methoxy groups -OCH3 is 1. The van der Waals surface area contributed by atoms with Gasteiger partial charge in [0.25, 0.3) is 15.9 Å². The van der Waals surface area contributed by atoms with E-state index in [1.165, 1.54) is 43.5 Å². The highest BCUT2D eigenvalue weighted by Crippen LogP contribution is 2.35. The van der Waals surface area contributed by atoms with Crippen molar-refractivity contribution in [1.29, 1.82) is 0 Å². The second-order valence-electron chi connectivity index (χ2n) is 4.97. The Morgan fingerprint density at radius 2 is 1.85 bits per heavy atom. The maximum atomic E-state index is 13.1. The lowest BCUT2D eigenvalue weighted by atomic mass is 10.3. The first-order valence-electron chi connectivity index (χ1n) is 7.01. The van der Waals surface area contributed by atoms with E-state index in [1.807, 2.05) is 5.43 Å². The zero-order valence-electron chi connectivity index (χ0n) is 13.4.